The van der Waals surface area contributed by atoms with Gasteiger partial charge in [0.05, 0.1) is 6.54 Å². The van der Waals surface area contributed by atoms with Gasteiger partial charge in [-0.05, 0) is 44.7 Å². The molecule has 4 heteroatoms. The molecular weight excluding hydrogens is 250 g/mol. The highest BCUT2D eigenvalue weighted by Crippen LogP contribution is 2.30. The molecule has 0 radical (unpaired) electrons. The third kappa shape index (κ3) is 3.99. The number of carbonyl (C=O) groups excluding carboxylic acids is 1. The molecule has 1 aliphatic carbocycles. The van der Waals surface area contributed by atoms with Gasteiger partial charge in [0.15, 0.2) is 0 Å². The molecule has 1 N–H and O–H groups in total. The molecule has 1 amide bonds. The minimum Gasteiger partial charge on any atom is -0.368 e. The van der Waals surface area contributed by atoms with Crippen molar-refractivity contribution in [3.63, 3.8) is 0 Å². The zero-order chi connectivity index (χ0) is 14.5. The molecule has 0 unspecified atom stereocenters. The molecule has 0 bridgehead atoms. The van der Waals surface area contributed by atoms with Crippen molar-refractivity contribution in [1.29, 1.82) is 0 Å². The van der Waals surface area contributed by atoms with Crippen LogP contribution >= 0.6 is 0 Å². The van der Waals surface area contributed by atoms with Gasteiger partial charge in [0.25, 0.3) is 5.91 Å². The topological polar surface area (TPSA) is 45.2 Å². The zero-order valence-electron chi connectivity index (χ0n) is 12.1. The molecule has 0 aromatic carbocycles. The lowest BCUT2D eigenvalue weighted by atomic mass is 10.2. The average molecular weight is 271 g/mol. The summed E-state index contributed by atoms with van der Waals surface area (Å²) in [6.45, 7) is 5.16. The maximum atomic E-state index is 12.5. The zero-order valence-corrected chi connectivity index (χ0v) is 12.1. The van der Waals surface area contributed by atoms with E-state index in [2.05, 4.69) is 16.2 Å². The number of nitrogens with zero attached hydrogens (tertiary/aromatic N) is 2. The van der Waals surface area contributed by atoms with E-state index in [9.17, 15) is 4.79 Å². The van der Waals surface area contributed by atoms with Gasteiger partial charge >= 0.3 is 0 Å². The molecular formula is C16H21N3O. The fourth-order valence-electron chi connectivity index (χ4n) is 2.03. The second-order valence-electron chi connectivity index (χ2n) is 5.54. The van der Waals surface area contributed by atoms with Crippen molar-refractivity contribution in [2.75, 3.05) is 18.4 Å². The van der Waals surface area contributed by atoms with Crippen molar-refractivity contribution < 1.29 is 4.79 Å². The summed E-state index contributed by atoms with van der Waals surface area (Å²) in [7, 11) is 0. The SMILES string of the molecule is C#CCN(CC1CC1)C(=O)c1cccc(NC(C)C)n1. The number of hydrogen-bond acceptors (Lipinski definition) is 3. The molecule has 1 aliphatic rings. The van der Waals surface area contributed by atoms with Crippen molar-refractivity contribution in [2.45, 2.75) is 32.7 Å². The van der Waals surface area contributed by atoms with Crippen LogP contribution in [0.4, 0.5) is 5.82 Å². The Bertz CT molecular complexity index is 515. The number of nitrogens with one attached hydrogen (secondary N) is 1. The second-order valence-corrected chi connectivity index (χ2v) is 5.54. The molecule has 1 fully saturated rings. The molecule has 0 spiro atoms. The van der Waals surface area contributed by atoms with E-state index in [-0.39, 0.29) is 11.9 Å². The van der Waals surface area contributed by atoms with Crippen molar-refractivity contribution in [1.82, 2.24) is 9.88 Å². The minimum absolute atomic E-state index is 0.0812. The van der Waals surface area contributed by atoms with E-state index in [1.54, 1.807) is 11.0 Å². The van der Waals surface area contributed by atoms with E-state index < -0.39 is 0 Å². The lowest BCUT2D eigenvalue weighted by Gasteiger charge is -2.20. The molecule has 1 heterocycles. The van der Waals surface area contributed by atoms with Crippen LogP contribution in [0.25, 0.3) is 0 Å². The fraction of sp³-hybridized carbons (Fsp3) is 0.500. The average Bonchev–Trinajstić information content (AvgIpc) is 3.21. The molecule has 0 atom stereocenters. The molecule has 0 saturated heterocycles. The summed E-state index contributed by atoms with van der Waals surface area (Å²) in [5, 5.41) is 3.20. The molecule has 4 nitrogen and oxygen atoms in total. The predicted octanol–water partition coefficient (Wildman–Crippen LogP) is 2.39. The monoisotopic (exact) mass is 271 g/mol. The van der Waals surface area contributed by atoms with Gasteiger partial charge in [0.1, 0.15) is 11.5 Å². The third-order valence-corrected chi connectivity index (χ3v) is 3.15. The van der Waals surface area contributed by atoms with Crippen LogP contribution in [0.15, 0.2) is 18.2 Å². The molecule has 1 aromatic heterocycles. The molecule has 106 valence electrons. The van der Waals surface area contributed by atoms with Crippen LogP contribution in [-0.4, -0.2) is 34.9 Å². The van der Waals surface area contributed by atoms with Crippen LogP contribution in [0.5, 0.6) is 0 Å². The van der Waals surface area contributed by atoms with Gasteiger partial charge in [-0.15, -0.1) is 6.42 Å². The van der Waals surface area contributed by atoms with Crippen LogP contribution in [0.2, 0.25) is 0 Å². The summed E-state index contributed by atoms with van der Waals surface area (Å²) in [5.74, 6) is 3.81. The van der Waals surface area contributed by atoms with Crippen LogP contribution in [0.1, 0.15) is 37.2 Å². The van der Waals surface area contributed by atoms with Crippen LogP contribution in [0.3, 0.4) is 0 Å². The number of rotatable bonds is 6. The molecule has 20 heavy (non-hydrogen) atoms. The lowest BCUT2D eigenvalue weighted by molar-refractivity contribution is 0.0764. The number of pyridine rings is 1. The standard InChI is InChI=1S/C16H21N3O/c1-4-10-19(11-13-8-9-13)16(20)14-6-5-7-15(18-14)17-12(2)3/h1,5-7,12-13H,8-11H2,2-3H3,(H,17,18). The summed E-state index contributed by atoms with van der Waals surface area (Å²) in [4.78, 5) is 18.6. The van der Waals surface area contributed by atoms with E-state index in [1.165, 1.54) is 12.8 Å². The Morgan fingerprint density at radius 3 is 2.90 bits per heavy atom. The second kappa shape index (κ2) is 6.42. The Kier molecular flexibility index (Phi) is 4.62. The van der Waals surface area contributed by atoms with E-state index in [0.717, 1.165) is 12.4 Å². The summed E-state index contributed by atoms with van der Waals surface area (Å²) in [5.41, 5.74) is 0.451. The highest BCUT2D eigenvalue weighted by molar-refractivity contribution is 5.92. The third-order valence-electron chi connectivity index (χ3n) is 3.15. The van der Waals surface area contributed by atoms with Crippen LogP contribution < -0.4 is 5.32 Å². The highest BCUT2D eigenvalue weighted by atomic mass is 16.2. The number of carbonyl (C=O) groups is 1. The van der Waals surface area contributed by atoms with E-state index in [4.69, 9.17) is 6.42 Å². The van der Waals surface area contributed by atoms with Crippen molar-refractivity contribution in [2.24, 2.45) is 5.92 Å². The molecule has 0 aliphatic heterocycles. The molecule has 1 aromatic rings. The first-order valence-electron chi connectivity index (χ1n) is 7.06. The summed E-state index contributed by atoms with van der Waals surface area (Å²) in [6, 6.07) is 5.73. The maximum Gasteiger partial charge on any atom is 0.273 e. The lowest BCUT2D eigenvalue weighted by Crippen LogP contribution is -2.34. The Morgan fingerprint density at radius 1 is 1.55 bits per heavy atom. The van der Waals surface area contributed by atoms with Gasteiger partial charge in [0.2, 0.25) is 0 Å². The quantitative estimate of drug-likeness (QED) is 0.808. The largest absolute Gasteiger partial charge is 0.368 e. The summed E-state index contributed by atoms with van der Waals surface area (Å²) < 4.78 is 0. The Balaban J connectivity index is 2.11. The van der Waals surface area contributed by atoms with Gasteiger partial charge in [-0.25, -0.2) is 4.98 Å². The Labute approximate surface area is 120 Å². The maximum absolute atomic E-state index is 12.5. The van der Waals surface area contributed by atoms with Crippen molar-refractivity contribution in [3.8, 4) is 12.3 Å². The van der Waals surface area contributed by atoms with Gasteiger partial charge in [-0.3, -0.25) is 4.79 Å². The predicted molar refractivity (Wildman–Crippen MR) is 80.5 cm³/mol. The highest BCUT2D eigenvalue weighted by Gasteiger charge is 2.27. The fourth-order valence-corrected chi connectivity index (χ4v) is 2.03. The van der Waals surface area contributed by atoms with Gasteiger partial charge < -0.3 is 10.2 Å². The first kappa shape index (κ1) is 14.4. The number of aromatic nitrogens is 1. The van der Waals surface area contributed by atoms with Gasteiger partial charge in [-0.2, -0.15) is 0 Å². The normalized spacial score (nSPS) is 13.9. The van der Waals surface area contributed by atoms with Crippen LogP contribution in [0, 0.1) is 18.3 Å². The van der Waals surface area contributed by atoms with E-state index in [1.807, 2.05) is 26.0 Å². The number of amides is 1. The number of anilines is 1. The molecule has 2 rings (SSSR count). The number of terminal acetylenes is 1. The Hall–Kier alpha value is -2.02. The first-order chi connectivity index (χ1) is 9.60. The minimum atomic E-state index is -0.0812. The van der Waals surface area contributed by atoms with Gasteiger partial charge in [0, 0.05) is 12.6 Å². The summed E-state index contributed by atoms with van der Waals surface area (Å²) >= 11 is 0. The summed E-state index contributed by atoms with van der Waals surface area (Å²) in [6.07, 6.45) is 7.74. The van der Waals surface area contributed by atoms with Crippen LogP contribution in [-0.2, 0) is 0 Å². The Morgan fingerprint density at radius 2 is 2.30 bits per heavy atom. The van der Waals surface area contributed by atoms with E-state index >= 15 is 0 Å². The van der Waals surface area contributed by atoms with Crippen molar-refractivity contribution >= 4 is 11.7 Å². The number of hydrogen-bond donors (Lipinski definition) is 1. The first-order valence-corrected chi connectivity index (χ1v) is 7.06. The van der Waals surface area contributed by atoms with E-state index in [0.29, 0.717) is 18.2 Å². The van der Waals surface area contributed by atoms with Crippen molar-refractivity contribution in [3.05, 3.63) is 23.9 Å². The van der Waals surface area contributed by atoms with Gasteiger partial charge in [-0.1, -0.05) is 12.0 Å². The smallest absolute Gasteiger partial charge is 0.273 e. The molecule has 1 saturated carbocycles.